The van der Waals surface area contributed by atoms with Gasteiger partial charge >= 0.3 is 6.97 Å². The van der Waals surface area contributed by atoms with Crippen LogP contribution in [0, 0.1) is 0 Å². The van der Waals surface area contributed by atoms with Gasteiger partial charge in [0, 0.05) is 86.4 Å². The zero-order valence-electron chi connectivity index (χ0n) is 35.4. The third-order valence-electron chi connectivity index (χ3n) is 10.3. The molecule has 332 valence electrons. The number of carbonyl (C=O) groups excluding carboxylic acids is 5. The fourth-order valence-corrected chi connectivity index (χ4v) is 7.95. The first kappa shape index (κ1) is 48.5. The maximum Gasteiger partial charge on any atom is 0.737 e. The van der Waals surface area contributed by atoms with Crippen LogP contribution in [0.4, 0.5) is 8.63 Å². The van der Waals surface area contributed by atoms with Gasteiger partial charge in [0.25, 0.3) is 11.8 Å². The minimum Gasteiger partial charge on any atom is -0.394 e. The largest absolute Gasteiger partial charge is 0.737 e. The van der Waals surface area contributed by atoms with Crippen LogP contribution in [0.2, 0.25) is 0 Å². The van der Waals surface area contributed by atoms with E-state index in [0.29, 0.717) is 66.9 Å². The van der Waals surface area contributed by atoms with Crippen molar-refractivity contribution in [2.45, 2.75) is 90.5 Å². The summed E-state index contributed by atoms with van der Waals surface area (Å²) >= 11 is 0.592. The Bertz CT molecular complexity index is 1830. The number of allylic oxidation sites excluding steroid dienone is 2. The van der Waals surface area contributed by atoms with Gasteiger partial charge in [0.15, 0.2) is 5.70 Å². The zero-order chi connectivity index (χ0) is 43.9. The first-order valence-electron chi connectivity index (χ1n) is 20.8. The van der Waals surface area contributed by atoms with E-state index in [1.165, 1.54) is 16.6 Å². The maximum atomic E-state index is 17.0. The van der Waals surface area contributed by atoms with Crippen LogP contribution < -0.4 is 16.0 Å². The lowest BCUT2D eigenvalue weighted by molar-refractivity contribution is -0.870. The Balaban J connectivity index is 1.30. The van der Waals surface area contributed by atoms with E-state index in [9.17, 15) is 24.0 Å². The molecular weight excluding hydrogens is 803 g/mol. The number of amides is 5. The Hall–Kier alpha value is -4.21. The van der Waals surface area contributed by atoms with Gasteiger partial charge in [0.2, 0.25) is 17.7 Å². The number of aryl methyl sites for hydroxylation is 2. The molecule has 0 fully saturated rings. The summed E-state index contributed by atoms with van der Waals surface area (Å²) in [5, 5.41) is 20.4. The van der Waals surface area contributed by atoms with Crippen molar-refractivity contribution in [2.24, 2.45) is 0 Å². The van der Waals surface area contributed by atoms with Crippen molar-refractivity contribution in [3.8, 4) is 0 Å². The number of carbonyl (C=O) groups is 5. The van der Waals surface area contributed by atoms with E-state index in [2.05, 4.69) is 46.5 Å². The number of ether oxygens (including phenoxy) is 1. The molecule has 4 heterocycles. The topological polar surface area (TPSA) is 181 Å². The van der Waals surface area contributed by atoms with E-state index in [1.54, 1.807) is 6.08 Å². The van der Waals surface area contributed by atoms with Gasteiger partial charge in [0.1, 0.15) is 11.8 Å². The molecule has 0 radical (unpaired) electrons. The fourth-order valence-electron chi connectivity index (χ4n) is 7.48. The molecule has 0 saturated carbocycles. The van der Waals surface area contributed by atoms with Gasteiger partial charge in [-0.15, -0.1) is 4.33 Å². The summed E-state index contributed by atoms with van der Waals surface area (Å²) in [5.41, 5.74) is 3.70. The van der Waals surface area contributed by atoms with Gasteiger partial charge in [-0.25, -0.2) is 5.26 Å². The van der Waals surface area contributed by atoms with E-state index in [4.69, 9.17) is 9.99 Å². The second kappa shape index (κ2) is 23.1. The van der Waals surface area contributed by atoms with Crippen molar-refractivity contribution >= 4 is 60.3 Å². The SMILES string of the molecule is CCCC1=CC(CCC(=O)NC(CSOOO)C(=O)NCCCCC(=O)NCCOCCN2C(=O)C=CC2=O)=[N+]2C1=Cc1c(CCC)cc(CCC[N+](C)(C)C)n1[B-]2(F)F. The molecular formula is C40H61BF2N7O9S+. The van der Waals surface area contributed by atoms with Crippen LogP contribution >= 0.6 is 12.0 Å². The van der Waals surface area contributed by atoms with Crippen LogP contribution in [0.5, 0.6) is 0 Å². The molecule has 3 aliphatic rings. The molecule has 4 rings (SSSR count). The Morgan fingerprint density at radius 3 is 2.33 bits per heavy atom. The molecule has 0 bridgehead atoms. The highest BCUT2D eigenvalue weighted by molar-refractivity contribution is 7.94. The van der Waals surface area contributed by atoms with Gasteiger partial charge in [-0.1, -0.05) is 31.7 Å². The van der Waals surface area contributed by atoms with E-state index < -0.39 is 24.8 Å². The van der Waals surface area contributed by atoms with E-state index in [1.807, 2.05) is 26.0 Å². The smallest absolute Gasteiger partial charge is 0.394 e. The highest BCUT2D eigenvalue weighted by atomic mass is 32.2. The van der Waals surface area contributed by atoms with Gasteiger partial charge in [-0.05, 0) is 49.4 Å². The van der Waals surface area contributed by atoms with E-state index in [-0.39, 0.29) is 75.6 Å². The summed E-state index contributed by atoms with van der Waals surface area (Å²) < 4.78 is 46.9. The number of aromatic nitrogens is 1. The Morgan fingerprint density at radius 1 is 0.917 bits per heavy atom. The molecule has 0 aliphatic carbocycles. The number of quaternary nitrogens is 1. The molecule has 1 unspecified atom stereocenters. The Kier molecular flexibility index (Phi) is 18.7. The molecule has 16 nitrogen and oxygen atoms in total. The molecule has 0 aromatic carbocycles. The summed E-state index contributed by atoms with van der Waals surface area (Å²) in [5.74, 6) is -2.19. The van der Waals surface area contributed by atoms with Crippen LogP contribution in [0.1, 0.15) is 88.6 Å². The molecule has 4 N–H and O–H groups in total. The molecule has 20 heteroatoms. The van der Waals surface area contributed by atoms with Gasteiger partial charge in [-0.3, -0.25) is 28.9 Å². The average molecular weight is 865 g/mol. The van der Waals surface area contributed by atoms with Crippen molar-refractivity contribution in [1.82, 2.24) is 25.3 Å². The number of rotatable bonds is 28. The monoisotopic (exact) mass is 864 g/mol. The third kappa shape index (κ3) is 13.7. The minimum atomic E-state index is -4.28. The van der Waals surface area contributed by atoms with Gasteiger partial charge < -0.3 is 42.8 Å². The summed E-state index contributed by atoms with van der Waals surface area (Å²) in [6.07, 6.45) is 11.2. The van der Waals surface area contributed by atoms with Crippen molar-refractivity contribution in [3.05, 3.63) is 52.5 Å². The van der Waals surface area contributed by atoms with Crippen LogP contribution in [0.15, 0.2) is 35.6 Å². The predicted molar refractivity (Wildman–Crippen MR) is 224 cm³/mol. The number of hydrogen-bond donors (Lipinski definition) is 4. The highest BCUT2D eigenvalue weighted by Gasteiger charge is 2.54. The standard InChI is InChI=1S/C40H60BF2N7O9S/c1-6-11-29-25-31(13-10-22-50(3,4)5)48-34(29)27-35-30(12-7-2)26-32(49(35)41(48,42)43)15-16-37(52)46-33(28-60-59-58-56)40(55)45-19-9-8-14-36(51)44-20-23-57-24-21-47-38(53)17-18-39(47)54/h17-18,25-27,33H,6-16,19-24,28H2,1-5H3,(H3-,44,45,46,51,52,55,56)/p+1. The van der Waals surface area contributed by atoms with E-state index in [0.717, 1.165) is 50.8 Å². The first-order valence-corrected chi connectivity index (χ1v) is 21.7. The number of fused-ring (bicyclic) bond motifs is 2. The number of halogens is 2. The molecule has 0 spiro atoms. The van der Waals surface area contributed by atoms with Gasteiger partial charge in [0.05, 0.1) is 53.2 Å². The summed E-state index contributed by atoms with van der Waals surface area (Å²) in [7, 11) is 6.25. The van der Waals surface area contributed by atoms with Crippen molar-refractivity contribution in [1.29, 1.82) is 0 Å². The lowest BCUT2D eigenvalue weighted by Crippen LogP contribution is -2.51. The summed E-state index contributed by atoms with van der Waals surface area (Å²) in [6, 6.07) is 0.835. The maximum absolute atomic E-state index is 17.0. The van der Waals surface area contributed by atoms with Crippen LogP contribution in [-0.4, -0.2) is 138 Å². The van der Waals surface area contributed by atoms with Crippen molar-refractivity contribution in [3.63, 3.8) is 0 Å². The van der Waals surface area contributed by atoms with Crippen LogP contribution in [0.25, 0.3) is 6.08 Å². The second-order valence-corrected chi connectivity index (χ2v) is 16.8. The molecule has 0 saturated heterocycles. The summed E-state index contributed by atoms with van der Waals surface area (Å²) in [4.78, 5) is 62.8. The van der Waals surface area contributed by atoms with Gasteiger partial charge in [-0.2, -0.15) is 0 Å². The molecule has 1 atom stereocenters. The van der Waals surface area contributed by atoms with Crippen molar-refractivity contribution in [2.75, 3.05) is 66.3 Å². The number of unbranched alkanes of at least 4 members (excludes halogenated alkanes) is 1. The average Bonchev–Trinajstić information content (AvgIpc) is 3.84. The normalized spacial score (nSPS) is 16.2. The van der Waals surface area contributed by atoms with E-state index >= 15 is 8.63 Å². The molecule has 60 heavy (non-hydrogen) atoms. The highest BCUT2D eigenvalue weighted by Crippen LogP contribution is 2.39. The van der Waals surface area contributed by atoms with Crippen LogP contribution in [-0.2, 0) is 50.9 Å². The summed E-state index contributed by atoms with van der Waals surface area (Å²) in [6.45, 7) is 1.53. The molecule has 1 aromatic heterocycles. The Morgan fingerprint density at radius 2 is 1.65 bits per heavy atom. The second-order valence-electron chi connectivity index (χ2n) is 16.1. The quantitative estimate of drug-likeness (QED) is 0.0185. The lowest BCUT2D eigenvalue weighted by Gasteiger charge is -2.32. The number of hydrogen-bond acceptors (Lipinski definition) is 10. The van der Waals surface area contributed by atoms with Crippen LogP contribution in [0.3, 0.4) is 0 Å². The lowest BCUT2D eigenvalue weighted by atomic mass is 9.88. The number of nitrogens with zero attached hydrogens (tertiary/aromatic N) is 4. The molecule has 1 aromatic rings. The Labute approximate surface area is 355 Å². The number of nitrogens with one attached hydrogen (secondary N) is 3. The molecule has 5 amide bonds. The number of imide groups is 1. The fraction of sp³-hybridized carbons (Fsp3) is 0.600. The first-order chi connectivity index (χ1) is 28.6. The minimum absolute atomic E-state index is 0.00718. The molecule has 3 aliphatic heterocycles. The third-order valence-corrected chi connectivity index (χ3v) is 10.9. The van der Waals surface area contributed by atoms with Crippen molar-refractivity contribution < 1.29 is 60.9 Å². The predicted octanol–water partition coefficient (Wildman–Crippen LogP) is 3.53. The zero-order valence-corrected chi connectivity index (χ0v) is 36.3.